The summed E-state index contributed by atoms with van der Waals surface area (Å²) < 4.78 is 25.9. The van der Waals surface area contributed by atoms with Crippen molar-refractivity contribution in [3.8, 4) is 22.8 Å². The molecule has 1 aliphatic rings. The minimum atomic E-state index is -0.283. The standard InChI is InChI=1S/C17H14FN2O2.ClH/c1-10-8-12-4-7-14-17(22-9-21-14)15(12)16(20(10)19)11-2-5-13(18)6-3-11;/h2-8H,9,19H2,1H3;1H/q+1;/p-1. The molecule has 118 valence electrons. The molecular weight excluding hydrogens is 319 g/mol. The number of aryl methyl sites for hydroxylation is 1. The first-order valence-electron chi connectivity index (χ1n) is 6.94. The molecule has 23 heavy (non-hydrogen) atoms. The lowest BCUT2D eigenvalue weighted by Crippen LogP contribution is -3.00. The van der Waals surface area contributed by atoms with Gasteiger partial charge in [0.05, 0.1) is 5.56 Å². The fraction of sp³-hybridized carbons (Fsp3) is 0.118. The number of hydrogen-bond acceptors (Lipinski definition) is 3. The molecule has 2 heterocycles. The van der Waals surface area contributed by atoms with Crippen molar-refractivity contribution >= 4 is 10.8 Å². The number of halogens is 2. The molecule has 0 bridgehead atoms. The van der Waals surface area contributed by atoms with Crippen LogP contribution in [0.5, 0.6) is 11.5 Å². The van der Waals surface area contributed by atoms with E-state index in [9.17, 15) is 4.39 Å². The van der Waals surface area contributed by atoms with E-state index < -0.39 is 0 Å². The van der Waals surface area contributed by atoms with Crippen LogP contribution in [0.3, 0.4) is 0 Å². The van der Waals surface area contributed by atoms with Crippen LogP contribution in [0, 0.1) is 12.7 Å². The number of pyridine rings is 1. The third kappa shape index (κ3) is 2.33. The zero-order valence-electron chi connectivity index (χ0n) is 12.3. The fourth-order valence-electron chi connectivity index (χ4n) is 2.83. The van der Waals surface area contributed by atoms with E-state index in [1.165, 1.54) is 12.1 Å². The maximum absolute atomic E-state index is 13.2. The molecule has 4 nitrogen and oxygen atoms in total. The number of ether oxygens (including phenoxy) is 2. The van der Waals surface area contributed by atoms with Gasteiger partial charge in [0, 0.05) is 13.0 Å². The number of aromatic nitrogens is 1. The summed E-state index contributed by atoms with van der Waals surface area (Å²) in [6.45, 7) is 2.12. The molecule has 2 aromatic carbocycles. The minimum Gasteiger partial charge on any atom is -1.00 e. The van der Waals surface area contributed by atoms with Crippen molar-refractivity contribution < 1.29 is 30.9 Å². The summed E-state index contributed by atoms with van der Waals surface area (Å²) in [6.07, 6.45) is 0. The molecule has 2 N–H and O–H groups in total. The van der Waals surface area contributed by atoms with Gasteiger partial charge in [-0.1, -0.05) is 4.68 Å². The molecule has 0 atom stereocenters. The monoisotopic (exact) mass is 332 g/mol. The van der Waals surface area contributed by atoms with Crippen molar-refractivity contribution in [3.05, 3.63) is 54.0 Å². The van der Waals surface area contributed by atoms with Crippen molar-refractivity contribution in [2.24, 2.45) is 0 Å². The average molecular weight is 333 g/mol. The van der Waals surface area contributed by atoms with Crippen LogP contribution in [0.1, 0.15) is 5.69 Å². The van der Waals surface area contributed by atoms with Gasteiger partial charge in [-0.3, -0.25) is 0 Å². The minimum absolute atomic E-state index is 0. The normalized spacial score (nSPS) is 12.3. The number of nitrogen functional groups attached to an aromatic ring is 1. The van der Waals surface area contributed by atoms with Gasteiger partial charge in [-0.05, 0) is 41.8 Å². The van der Waals surface area contributed by atoms with Gasteiger partial charge in [0.25, 0.3) is 5.69 Å². The van der Waals surface area contributed by atoms with Crippen LogP contribution in [-0.2, 0) is 0 Å². The van der Waals surface area contributed by atoms with Gasteiger partial charge in [0.1, 0.15) is 11.2 Å². The van der Waals surface area contributed by atoms with E-state index in [1.807, 2.05) is 25.1 Å². The molecule has 0 aliphatic carbocycles. The van der Waals surface area contributed by atoms with E-state index >= 15 is 0 Å². The van der Waals surface area contributed by atoms with Gasteiger partial charge in [0.2, 0.25) is 12.5 Å². The highest BCUT2D eigenvalue weighted by Crippen LogP contribution is 2.42. The van der Waals surface area contributed by atoms with Crippen LogP contribution in [0.2, 0.25) is 0 Å². The number of nitrogens with two attached hydrogens (primary N) is 1. The second-order valence-electron chi connectivity index (χ2n) is 5.27. The van der Waals surface area contributed by atoms with Crippen molar-refractivity contribution in [1.29, 1.82) is 0 Å². The first kappa shape index (κ1) is 15.4. The highest BCUT2D eigenvalue weighted by atomic mass is 35.5. The second kappa shape index (κ2) is 5.59. The number of fused-ring (bicyclic) bond motifs is 3. The Balaban J connectivity index is 0.00000156. The zero-order valence-corrected chi connectivity index (χ0v) is 13.1. The average Bonchev–Trinajstić information content (AvgIpc) is 2.98. The van der Waals surface area contributed by atoms with Gasteiger partial charge < -0.3 is 21.9 Å². The number of hydrogen-bond donors (Lipinski definition) is 1. The molecule has 1 aliphatic heterocycles. The summed E-state index contributed by atoms with van der Waals surface area (Å²) in [5.41, 5.74) is 2.49. The summed E-state index contributed by atoms with van der Waals surface area (Å²) in [5, 5.41) is 1.87. The Kier molecular flexibility index (Phi) is 3.74. The largest absolute Gasteiger partial charge is 1.00 e. The number of rotatable bonds is 1. The molecule has 0 unspecified atom stereocenters. The SMILES string of the molecule is Cc1cc2ccc3c(c2c(-c2ccc(F)cc2)[n+]1N)OCO3.[Cl-]. The Bertz CT molecular complexity index is 897. The molecule has 6 heteroatoms. The lowest BCUT2D eigenvalue weighted by atomic mass is 10.0. The molecule has 1 aromatic heterocycles. The van der Waals surface area contributed by atoms with E-state index in [4.69, 9.17) is 15.3 Å². The first-order valence-corrected chi connectivity index (χ1v) is 6.94. The molecule has 0 saturated heterocycles. The molecule has 0 fully saturated rings. The lowest BCUT2D eigenvalue weighted by Gasteiger charge is -2.08. The van der Waals surface area contributed by atoms with Crippen molar-refractivity contribution in [2.45, 2.75) is 6.92 Å². The van der Waals surface area contributed by atoms with Crippen LogP contribution >= 0.6 is 0 Å². The molecule has 3 aromatic rings. The summed E-state index contributed by atoms with van der Waals surface area (Å²) >= 11 is 0. The number of benzene rings is 2. The summed E-state index contributed by atoms with van der Waals surface area (Å²) in [6, 6.07) is 12.1. The smallest absolute Gasteiger partial charge is 0.254 e. The van der Waals surface area contributed by atoms with Crippen molar-refractivity contribution in [1.82, 2.24) is 0 Å². The molecule has 0 spiro atoms. The van der Waals surface area contributed by atoms with E-state index in [-0.39, 0.29) is 25.0 Å². The Morgan fingerprint density at radius 3 is 2.57 bits per heavy atom. The van der Waals surface area contributed by atoms with Gasteiger partial charge in [-0.15, -0.1) is 0 Å². The van der Waals surface area contributed by atoms with Gasteiger partial charge in [-0.2, -0.15) is 0 Å². The predicted octanol–water partition coefficient (Wildman–Crippen LogP) is -0.312. The van der Waals surface area contributed by atoms with E-state index in [0.717, 1.165) is 27.7 Å². The van der Waals surface area contributed by atoms with Gasteiger partial charge >= 0.3 is 0 Å². The maximum atomic E-state index is 13.2. The molecule has 4 rings (SSSR count). The van der Waals surface area contributed by atoms with E-state index in [1.54, 1.807) is 16.8 Å². The van der Waals surface area contributed by atoms with E-state index in [0.29, 0.717) is 11.5 Å². The van der Waals surface area contributed by atoms with Crippen LogP contribution in [0.25, 0.3) is 22.0 Å². The Morgan fingerprint density at radius 2 is 1.83 bits per heavy atom. The Hall–Kier alpha value is -2.53. The molecule has 0 amide bonds. The lowest BCUT2D eigenvalue weighted by molar-refractivity contribution is -0.632. The quantitative estimate of drug-likeness (QED) is 0.491. The summed E-state index contributed by atoms with van der Waals surface area (Å²) in [5.74, 6) is 7.33. The van der Waals surface area contributed by atoms with Gasteiger partial charge in [-0.25, -0.2) is 10.2 Å². The van der Waals surface area contributed by atoms with E-state index in [2.05, 4.69) is 0 Å². The van der Waals surface area contributed by atoms with Gasteiger partial charge in [0.15, 0.2) is 11.5 Å². The summed E-state index contributed by atoms with van der Waals surface area (Å²) in [4.78, 5) is 0. The van der Waals surface area contributed by atoms with Crippen LogP contribution < -0.4 is 32.4 Å². The van der Waals surface area contributed by atoms with Crippen LogP contribution in [0.4, 0.5) is 4.39 Å². The van der Waals surface area contributed by atoms with Crippen molar-refractivity contribution in [3.63, 3.8) is 0 Å². The highest BCUT2D eigenvalue weighted by molar-refractivity contribution is 5.99. The zero-order chi connectivity index (χ0) is 15.3. The third-order valence-corrected chi connectivity index (χ3v) is 3.91. The number of nitrogens with zero attached hydrogens (tertiary/aromatic N) is 1. The predicted molar refractivity (Wildman–Crippen MR) is 80.5 cm³/mol. The van der Waals surface area contributed by atoms with Crippen molar-refractivity contribution in [2.75, 3.05) is 12.6 Å². The fourth-order valence-corrected chi connectivity index (χ4v) is 2.83. The second-order valence-corrected chi connectivity index (χ2v) is 5.27. The summed E-state index contributed by atoms with van der Waals surface area (Å²) in [7, 11) is 0. The first-order chi connectivity index (χ1) is 10.6. The Morgan fingerprint density at radius 1 is 1.09 bits per heavy atom. The maximum Gasteiger partial charge on any atom is 0.254 e. The topological polar surface area (TPSA) is 48.4 Å². The molecule has 0 radical (unpaired) electrons. The van der Waals surface area contributed by atoms with Crippen LogP contribution in [-0.4, -0.2) is 6.79 Å². The molecular formula is C17H14ClFN2O2. The van der Waals surface area contributed by atoms with Crippen LogP contribution in [0.15, 0.2) is 42.5 Å². The molecule has 0 saturated carbocycles. The highest BCUT2D eigenvalue weighted by Gasteiger charge is 2.27. The third-order valence-electron chi connectivity index (χ3n) is 3.91. The Labute approximate surface area is 138 Å².